The molecular formula is C15H24N2O2S. The first-order chi connectivity index (χ1) is 9.30. The molecule has 0 heterocycles. The Bertz CT molecular complexity index is 576. The normalized spacial score (nSPS) is 23.6. The van der Waals surface area contributed by atoms with Crippen LogP contribution in [-0.4, -0.2) is 27.8 Å². The van der Waals surface area contributed by atoms with Gasteiger partial charge in [-0.15, -0.1) is 0 Å². The minimum atomic E-state index is -3.28. The maximum Gasteiger partial charge on any atom is 0.177 e. The van der Waals surface area contributed by atoms with Gasteiger partial charge in [0.2, 0.25) is 0 Å². The molecule has 2 rings (SSSR count). The Kier molecular flexibility index (Phi) is 4.28. The lowest BCUT2D eigenvalue weighted by molar-refractivity contribution is 0.341. The summed E-state index contributed by atoms with van der Waals surface area (Å²) >= 11 is 0. The Morgan fingerprint density at radius 1 is 1.20 bits per heavy atom. The van der Waals surface area contributed by atoms with Gasteiger partial charge in [0.25, 0.3) is 0 Å². The predicted octanol–water partition coefficient (Wildman–Crippen LogP) is 2.69. The van der Waals surface area contributed by atoms with Gasteiger partial charge in [0.1, 0.15) is 0 Å². The van der Waals surface area contributed by atoms with Gasteiger partial charge in [-0.3, -0.25) is 0 Å². The highest BCUT2D eigenvalue weighted by atomic mass is 32.2. The Morgan fingerprint density at radius 3 is 2.35 bits per heavy atom. The zero-order valence-corrected chi connectivity index (χ0v) is 13.3. The summed E-state index contributed by atoms with van der Waals surface area (Å²) in [5.74, 6) is 0.791. The second-order valence-corrected chi connectivity index (χ2v) is 7.97. The second kappa shape index (κ2) is 5.64. The summed E-state index contributed by atoms with van der Waals surface area (Å²) in [6, 6.07) is 5.69. The van der Waals surface area contributed by atoms with Crippen LogP contribution < -0.4 is 10.6 Å². The van der Waals surface area contributed by atoms with Crippen LogP contribution in [0, 0.1) is 5.92 Å². The van der Waals surface area contributed by atoms with Crippen molar-refractivity contribution in [1.29, 1.82) is 0 Å². The fourth-order valence-corrected chi connectivity index (χ4v) is 3.82. The van der Waals surface area contributed by atoms with Crippen LogP contribution in [0.5, 0.6) is 0 Å². The molecule has 1 aliphatic rings. The molecule has 1 aromatic carbocycles. The number of hydrogen-bond acceptors (Lipinski definition) is 4. The number of hydrogen-bond donors (Lipinski definition) is 1. The standard InChI is InChI=1S/C15H24N2O2S/c1-11-7-9-12(10-8-11)17(2)13-5-4-6-14(15(13)16)20(3,18)19/h4-6,11-12H,7-10,16H2,1-3H3. The minimum absolute atomic E-state index is 0.228. The van der Waals surface area contributed by atoms with E-state index in [0.717, 1.165) is 24.4 Å². The Hall–Kier alpha value is -1.23. The molecule has 0 amide bonds. The number of sulfone groups is 1. The van der Waals surface area contributed by atoms with Gasteiger partial charge in [-0.2, -0.15) is 0 Å². The van der Waals surface area contributed by atoms with Crippen LogP contribution in [0.15, 0.2) is 23.1 Å². The summed E-state index contributed by atoms with van der Waals surface area (Å²) < 4.78 is 23.5. The molecule has 0 atom stereocenters. The Morgan fingerprint density at radius 2 is 1.80 bits per heavy atom. The Labute approximate surface area is 121 Å². The third kappa shape index (κ3) is 3.08. The third-order valence-corrected chi connectivity index (χ3v) is 5.51. The first kappa shape index (κ1) is 15.2. The van der Waals surface area contributed by atoms with Crippen molar-refractivity contribution in [3.05, 3.63) is 18.2 Å². The number of nitrogens with zero attached hydrogens (tertiary/aromatic N) is 1. The fraction of sp³-hybridized carbons (Fsp3) is 0.600. The molecule has 0 aliphatic heterocycles. The van der Waals surface area contributed by atoms with E-state index in [9.17, 15) is 8.42 Å². The molecule has 112 valence electrons. The van der Waals surface area contributed by atoms with Crippen molar-refractivity contribution in [3.63, 3.8) is 0 Å². The van der Waals surface area contributed by atoms with Crippen LogP contribution >= 0.6 is 0 Å². The number of nitrogen functional groups attached to an aromatic ring is 1. The molecule has 20 heavy (non-hydrogen) atoms. The molecule has 1 saturated carbocycles. The lowest BCUT2D eigenvalue weighted by Gasteiger charge is -2.35. The van der Waals surface area contributed by atoms with E-state index in [-0.39, 0.29) is 4.90 Å². The van der Waals surface area contributed by atoms with Crippen LogP contribution in [0.4, 0.5) is 11.4 Å². The number of rotatable bonds is 3. The highest BCUT2D eigenvalue weighted by Gasteiger charge is 2.24. The van der Waals surface area contributed by atoms with Gasteiger partial charge < -0.3 is 10.6 Å². The number of para-hydroxylation sites is 1. The molecule has 1 aliphatic carbocycles. The highest BCUT2D eigenvalue weighted by Crippen LogP contribution is 2.34. The second-order valence-electron chi connectivity index (χ2n) is 5.99. The van der Waals surface area contributed by atoms with E-state index in [1.807, 2.05) is 13.1 Å². The summed E-state index contributed by atoms with van der Waals surface area (Å²) in [7, 11) is -1.27. The predicted molar refractivity (Wildman–Crippen MR) is 83.8 cm³/mol. The average molecular weight is 296 g/mol. The van der Waals surface area contributed by atoms with Crippen molar-refractivity contribution in [1.82, 2.24) is 0 Å². The summed E-state index contributed by atoms with van der Waals surface area (Å²) in [5.41, 5.74) is 7.28. The van der Waals surface area contributed by atoms with Crippen LogP contribution in [0.1, 0.15) is 32.6 Å². The van der Waals surface area contributed by atoms with Crippen molar-refractivity contribution in [2.75, 3.05) is 23.9 Å². The van der Waals surface area contributed by atoms with Crippen molar-refractivity contribution in [3.8, 4) is 0 Å². The van der Waals surface area contributed by atoms with E-state index in [4.69, 9.17) is 5.73 Å². The molecule has 0 unspecified atom stereocenters. The van der Waals surface area contributed by atoms with E-state index in [2.05, 4.69) is 11.8 Å². The molecule has 0 bridgehead atoms. The smallest absolute Gasteiger partial charge is 0.177 e. The zero-order chi connectivity index (χ0) is 14.9. The largest absolute Gasteiger partial charge is 0.396 e. The van der Waals surface area contributed by atoms with Gasteiger partial charge in [-0.1, -0.05) is 13.0 Å². The maximum absolute atomic E-state index is 11.7. The topological polar surface area (TPSA) is 63.4 Å². The molecule has 0 aromatic heterocycles. The van der Waals surface area contributed by atoms with Crippen LogP contribution in [0.25, 0.3) is 0 Å². The maximum atomic E-state index is 11.7. The number of benzene rings is 1. The third-order valence-electron chi connectivity index (χ3n) is 4.36. The first-order valence-corrected chi connectivity index (χ1v) is 9.01. The molecule has 0 radical (unpaired) electrons. The van der Waals surface area contributed by atoms with Gasteiger partial charge in [0.15, 0.2) is 9.84 Å². The molecule has 2 N–H and O–H groups in total. The van der Waals surface area contributed by atoms with E-state index < -0.39 is 9.84 Å². The van der Waals surface area contributed by atoms with Crippen molar-refractivity contribution >= 4 is 21.2 Å². The number of anilines is 2. The molecule has 0 saturated heterocycles. The van der Waals surface area contributed by atoms with Gasteiger partial charge in [0.05, 0.1) is 16.3 Å². The average Bonchev–Trinajstić information content (AvgIpc) is 2.37. The van der Waals surface area contributed by atoms with E-state index in [0.29, 0.717) is 11.7 Å². The van der Waals surface area contributed by atoms with E-state index >= 15 is 0 Å². The minimum Gasteiger partial charge on any atom is -0.396 e. The molecule has 5 heteroatoms. The zero-order valence-electron chi connectivity index (χ0n) is 12.5. The van der Waals surface area contributed by atoms with Gasteiger partial charge in [-0.25, -0.2) is 8.42 Å². The molecule has 4 nitrogen and oxygen atoms in total. The molecule has 1 fully saturated rings. The highest BCUT2D eigenvalue weighted by molar-refractivity contribution is 7.90. The van der Waals surface area contributed by atoms with Crippen molar-refractivity contribution in [2.24, 2.45) is 5.92 Å². The van der Waals surface area contributed by atoms with Gasteiger partial charge >= 0.3 is 0 Å². The molecule has 0 spiro atoms. The monoisotopic (exact) mass is 296 g/mol. The van der Waals surface area contributed by atoms with Crippen LogP contribution in [0.3, 0.4) is 0 Å². The van der Waals surface area contributed by atoms with E-state index in [1.54, 1.807) is 12.1 Å². The lowest BCUT2D eigenvalue weighted by atomic mass is 9.86. The molecular weight excluding hydrogens is 272 g/mol. The number of nitrogens with two attached hydrogens (primary N) is 1. The quantitative estimate of drug-likeness (QED) is 0.871. The fourth-order valence-electron chi connectivity index (χ4n) is 2.99. The first-order valence-electron chi connectivity index (χ1n) is 7.12. The van der Waals surface area contributed by atoms with Crippen LogP contribution in [-0.2, 0) is 9.84 Å². The van der Waals surface area contributed by atoms with E-state index in [1.165, 1.54) is 19.1 Å². The summed E-state index contributed by atoms with van der Waals surface area (Å²) in [6.45, 7) is 2.29. The van der Waals surface area contributed by atoms with Gasteiger partial charge in [0, 0.05) is 19.3 Å². The van der Waals surface area contributed by atoms with Crippen LogP contribution in [0.2, 0.25) is 0 Å². The summed E-state index contributed by atoms with van der Waals surface area (Å²) in [5, 5.41) is 0. The lowest BCUT2D eigenvalue weighted by Crippen LogP contribution is -2.35. The summed E-state index contributed by atoms with van der Waals surface area (Å²) in [6.07, 6.45) is 5.92. The van der Waals surface area contributed by atoms with Crippen molar-refractivity contribution in [2.45, 2.75) is 43.5 Å². The summed E-state index contributed by atoms with van der Waals surface area (Å²) in [4.78, 5) is 2.38. The Balaban J connectivity index is 2.29. The van der Waals surface area contributed by atoms with Gasteiger partial charge in [-0.05, 0) is 43.7 Å². The van der Waals surface area contributed by atoms with Crippen molar-refractivity contribution < 1.29 is 8.42 Å². The SMILES string of the molecule is CC1CCC(N(C)c2cccc(S(C)(=O)=O)c2N)CC1. The molecule has 1 aromatic rings.